The quantitative estimate of drug-likeness (QED) is 0.872. The molecule has 2 N–H and O–H groups in total. The molecule has 4 heteroatoms. The van der Waals surface area contributed by atoms with Gasteiger partial charge in [-0.25, -0.2) is 0 Å². The summed E-state index contributed by atoms with van der Waals surface area (Å²) in [5.74, 6) is 1.54. The van der Waals surface area contributed by atoms with Gasteiger partial charge in [-0.05, 0) is 25.0 Å². The van der Waals surface area contributed by atoms with E-state index in [9.17, 15) is 0 Å². The van der Waals surface area contributed by atoms with Gasteiger partial charge in [0, 0.05) is 24.3 Å². The van der Waals surface area contributed by atoms with Gasteiger partial charge in [0.25, 0.3) is 0 Å². The average Bonchev–Trinajstić information content (AvgIpc) is 2.38. The molecule has 94 valence electrons. The van der Waals surface area contributed by atoms with E-state index in [0.717, 1.165) is 36.5 Å². The number of rotatable bonds is 3. The lowest BCUT2D eigenvalue weighted by Crippen LogP contribution is -2.34. The zero-order valence-electron chi connectivity index (χ0n) is 10.3. The van der Waals surface area contributed by atoms with Gasteiger partial charge in [-0.15, -0.1) is 0 Å². The highest BCUT2D eigenvalue weighted by molar-refractivity contribution is 5.42. The van der Waals surface area contributed by atoms with Gasteiger partial charge in [0.2, 0.25) is 0 Å². The Labute approximate surface area is 102 Å². The van der Waals surface area contributed by atoms with Gasteiger partial charge >= 0.3 is 0 Å². The van der Waals surface area contributed by atoms with Crippen LogP contribution in [0.2, 0.25) is 0 Å². The maximum Gasteiger partial charge on any atom is 0.128 e. The number of hydrogen-bond donors (Lipinski definition) is 1. The van der Waals surface area contributed by atoms with Crippen LogP contribution in [0.25, 0.3) is 0 Å². The molecule has 1 aromatic carbocycles. The summed E-state index contributed by atoms with van der Waals surface area (Å²) in [6, 6.07) is 5.77. The van der Waals surface area contributed by atoms with Crippen molar-refractivity contribution in [2.24, 2.45) is 5.73 Å². The summed E-state index contributed by atoms with van der Waals surface area (Å²) >= 11 is 0. The minimum Gasteiger partial charge on any atom is -0.497 e. The Morgan fingerprint density at radius 1 is 1.29 bits per heavy atom. The van der Waals surface area contributed by atoms with Crippen LogP contribution >= 0.6 is 0 Å². The van der Waals surface area contributed by atoms with E-state index in [4.69, 9.17) is 19.9 Å². The van der Waals surface area contributed by atoms with Gasteiger partial charge < -0.3 is 19.9 Å². The molecule has 2 rings (SSSR count). The standard InChI is InChI=1S/C13H19NO3/c1-15-9-5-6-10(12(8-9)16-2)13-11(14)4-3-7-17-13/h5-6,8,11,13H,3-4,7,14H2,1-2H3. The maximum absolute atomic E-state index is 6.09. The van der Waals surface area contributed by atoms with E-state index in [1.165, 1.54) is 0 Å². The lowest BCUT2D eigenvalue weighted by Gasteiger charge is -2.30. The maximum atomic E-state index is 6.09. The van der Waals surface area contributed by atoms with Crippen molar-refractivity contribution in [1.82, 2.24) is 0 Å². The van der Waals surface area contributed by atoms with Gasteiger partial charge in [-0.3, -0.25) is 0 Å². The van der Waals surface area contributed by atoms with E-state index in [-0.39, 0.29) is 12.1 Å². The minimum atomic E-state index is -0.0791. The first-order chi connectivity index (χ1) is 8.26. The Hall–Kier alpha value is -1.26. The molecule has 1 heterocycles. The smallest absolute Gasteiger partial charge is 0.128 e. The first-order valence-corrected chi connectivity index (χ1v) is 5.85. The summed E-state index contributed by atoms with van der Waals surface area (Å²) in [7, 11) is 3.28. The number of nitrogens with two attached hydrogens (primary N) is 1. The fourth-order valence-electron chi connectivity index (χ4n) is 2.18. The van der Waals surface area contributed by atoms with Gasteiger partial charge in [-0.2, -0.15) is 0 Å². The SMILES string of the molecule is COc1ccc(C2OCCCC2N)c(OC)c1. The first-order valence-electron chi connectivity index (χ1n) is 5.85. The summed E-state index contributed by atoms with van der Waals surface area (Å²) in [6.07, 6.45) is 1.93. The van der Waals surface area contributed by atoms with Crippen molar-refractivity contribution in [3.63, 3.8) is 0 Å². The van der Waals surface area contributed by atoms with E-state index >= 15 is 0 Å². The predicted octanol–water partition coefficient (Wildman–Crippen LogP) is 1.88. The van der Waals surface area contributed by atoms with E-state index in [1.807, 2.05) is 18.2 Å². The second-order valence-corrected chi connectivity index (χ2v) is 4.21. The molecule has 0 amide bonds. The van der Waals surface area contributed by atoms with Gasteiger partial charge in [0.15, 0.2) is 0 Å². The van der Waals surface area contributed by atoms with Gasteiger partial charge in [0.1, 0.15) is 17.6 Å². The number of hydrogen-bond acceptors (Lipinski definition) is 4. The molecule has 1 saturated heterocycles. The zero-order valence-corrected chi connectivity index (χ0v) is 10.3. The highest BCUT2D eigenvalue weighted by atomic mass is 16.5. The summed E-state index contributed by atoms with van der Waals surface area (Å²) in [4.78, 5) is 0. The molecule has 0 aromatic heterocycles. The first kappa shape index (κ1) is 12.2. The van der Waals surface area contributed by atoms with E-state index in [1.54, 1.807) is 14.2 Å². The zero-order chi connectivity index (χ0) is 12.3. The van der Waals surface area contributed by atoms with E-state index in [0.29, 0.717) is 0 Å². The van der Waals surface area contributed by atoms with Crippen LogP contribution in [0.5, 0.6) is 11.5 Å². The summed E-state index contributed by atoms with van der Waals surface area (Å²) in [5, 5.41) is 0. The molecule has 0 spiro atoms. The molecule has 0 aliphatic carbocycles. The van der Waals surface area contributed by atoms with Crippen molar-refractivity contribution >= 4 is 0 Å². The predicted molar refractivity (Wildman–Crippen MR) is 65.4 cm³/mol. The third kappa shape index (κ3) is 2.53. The number of methoxy groups -OCH3 is 2. The van der Waals surface area contributed by atoms with Crippen molar-refractivity contribution in [1.29, 1.82) is 0 Å². The molecule has 0 radical (unpaired) electrons. The second-order valence-electron chi connectivity index (χ2n) is 4.21. The molecule has 2 unspecified atom stereocenters. The lowest BCUT2D eigenvalue weighted by atomic mass is 9.96. The van der Waals surface area contributed by atoms with Crippen LogP contribution in [0.15, 0.2) is 18.2 Å². The number of ether oxygens (including phenoxy) is 3. The molecule has 1 aliphatic heterocycles. The van der Waals surface area contributed by atoms with Crippen molar-refractivity contribution in [2.45, 2.75) is 25.0 Å². The van der Waals surface area contributed by atoms with Crippen molar-refractivity contribution < 1.29 is 14.2 Å². The van der Waals surface area contributed by atoms with Crippen molar-refractivity contribution in [3.8, 4) is 11.5 Å². The molecular weight excluding hydrogens is 218 g/mol. The molecule has 0 saturated carbocycles. The Balaban J connectivity index is 2.30. The Kier molecular flexibility index (Phi) is 3.86. The van der Waals surface area contributed by atoms with Crippen LogP contribution < -0.4 is 15.2 Å². The van der Waals surface area contributed by atoms with E-state index < -0.39 is 0 Å². The highest BCUT2D eigenvalue weighted by Gasteiger charge is 2.27. The summed E-state index contributed by atoms with van der Waals surface area (Å²) in [5.41, 5.74) is 7.09. The normalized spacial score (nSPS) is 24.4. The van der Waals surface area contributed by atoms with Gasteiger partial charge in [-0.1, -0.05) is 0 Å². The molecule has 0 bridgehead atoms. The topological polar surface area (TPSA) is 53.7 Å². The van der Waals surface area contributed by atoms with Crippen LogP contribution in [0, 0.1) is 0 Å². The fourth-order valence-corrected chi connectivity index (χ4v) is 2.18. The second kappa shape index (κ2) is 5.38. The van der Waals surface area contributed by atoms with Crippen LogP contribution in [-0.2, 0) is 4.74 Å². The molecule has 4 nitrogen and oxygen atoms in total. The Morgan fingerprint density at radius 2 is 2.12 bits per heavy atom. The van der Waals surface area contributed by atoms with Crippen molar-refractivity contribution in [3.05, 3.63) is 23.8 Å². The van der Waals surface area contributed by atoms with Gasteiger partial charge in [0.05, 0.1) is 14.2 Å². The van der Waals surface area contributed by atoms with E-state index in [2.05, 4.69) is 0 Å². The third-order valence-corrected chi connectivity index (χ3v) is 3.12. The highest BCUT2D eigenvalue weighted by Crippen LogP contribution is 2.35. The molecule has 1 aromatic rings. The van der Waals surface area contributed by atoms with Crippen LogP contribution in [0.1, 0.15) is 24.5 Å². The molecule has 2 atom stereocenters. The Bertz CT molecular complexity index is 381. The molecule has 1 fully saturated rings. The van der Waals surface area contributed by atoms with Crippen molar-refractivity contribution in [2.75, 3.05) is 20.8 Å². The van der Waals surface area contributed by atoms with Crippen LogP contribution in [0.3, 0.4) is 0 Å². The monoisotopic (exact) mass is 237 g/mol. The fraction of sp³-hybridized carbons (Fsp3) is 0.538. The molecular formula is C13H19NO3. The summed E-state index contributed by atoms with van der Waals surface area (Å²) in [6.45, 7) is 0.757. The number of benzene rings is 1. The molecule has 17 heavy (non-hydrogen) atoms. The van der Waals surface area contributed by atoms with Crippen LogP contribution in [-0.4, -0.2) is 26.9 Å². The lowest BCUT2D eigenvalue weighted by molar-refractivity contribution is -0.00115. The largest absolute Gasteiger partial charge is 0.497 e. The Morgan fingerprint density at radius 3 is 2.76 bits per heavy atom. The minimum absolute atomic E-state index is 0.0334. The summed E-state index contributed by atoms with van der Waals surface area (Å²) < 4.78 is 16.3. The third-order valence-electron chi connectivity index (χ3n) is 3.12. The molecule has 1 aliphatic rings. The van der Waals surface area contributed by atoms with Crippen LogP contribution in [0.4, 0.5) is 0 Å². The average molecular weight is 237 g/mol.